The largest absolute Gasteiger partial charge is 0.392 e. The highest BCUT2D eigenvalue weighted by Gasteiger charge is 2.10. The van der Waals surface area contributed by atoms with Gasteiger partial charge in [0.15, 0.2) is 0 Å². The minimum absolute atomic E-state index is 0.182. The van der Waals surface area contributed by atoms with E-state index in [0.29, 0.717) is 13.1 Å². The number of halogens is 1. The summed E-state index contributed by atoms with van der Waals surface area (Å²) in [5, 5.41) is 12.0. The Bertz CT molecular complexity index is 421. The normalized spacial score (nSPS) is 12.1. The van der Waals surface area contributed by atoms with E-state index in [1.807, 2.05) is 25.1 Å². The maximum atomic E-state index is 11.7. The zero-order chi connectivity index (χ0) is 13.7. The number of amides is 2. The van der Waals surface area contributed by atoms with Crippen molar-refractivity contribution in [1.82, 2.24) is 10.2 Å². The number of aliphatic hydroxyl groups is 1. The van der Waals surface area contributed by atoms with Gasteiger partial charge in [0, 0.05) is 24.6 Å². The average molecular weight is 315 g/mol. The number of aryl methyl sites for hydroxylation is 1. The Kier molecular flexibility index (Phi) is 5.62. The molecule has 18 heavy (non-hydrogen) atoms. The molecule has 0 heterocycles. The lowest BCUT2D eigenvalue weighted by Crippen LogP contribution is -2.40. The maximum Gasteiger partial charge on any atom is 0.317 e. The molecule has 2 N–H and O–H groups in total. The number of aliphatic hydroxyl groups excluding tert-OH is 1. The fourth-order valence-electron chi connectivity index (χ4n) is 1.64. The van der Waals surface area contributed by atoms with Crippen molar-refractivity contribution in [3.63, 3.8) is 0 Å². The third-order valence-electron chi connectivity index (χ3n) is 2.62. The smallest absolute Gasteiger partial charge is 0.317 e. The number of nitrogens with zero attached hydrogens (tertiary/aromatic N) is 1. The first kappa shape index (κ1) is 15.0. The quantitative estimate of drug-likeness (QED) is 0.896. The Morgan fingerprint density at radius 3 is 2.78 bits per heavy atom. The molecule has 0 aliphatic heterocycles. The molecule has 0 radical (unpaired) electrons. The van der Waals surface area contributed by atoms with Crippen molar-refractivity contribution in [2.75, 3.05) is 13.6 Å². The van der Waals surface area contributed by atoms with E-state index >= 15 is 0 Å². The van der Waals surface area contributed by atoms with Crippen molar-refractivity contribution < 1.29 is 9.90 Å². The number of hydrogen-bond acceptors (Lipinski definition) is 2. The summed E-state index contributed by atoms with van der Waals surface area (Å²) in [6.45, 7) is 4.47. The summed E-state index contributed by atoms with van der Waals surface area (Å²) in [7, 11) is 1.66. The van der Waals surface area contributed by atoms with Crippen LogP contribution in [-0.2, 0) is 6.54 Å². The van der Waals surface area contributed by atoms with Gasteiger partial charge in [-0.15, -0.1) is 0 Å². The molecule has 1 aromatic rings. The summed E-state index contributed by atoms with van der Waals surface area (Å²) in [5.41, 5.74) is 2.21. The lowest BCUT2D eigenvalue weighted by atomic mass is 10.1. The Morgan fingerprint density at radius 2 is 2.22 bits per heavy atom. The summed E-state index contributed by atoms with van der Waals surface area (Å²) < 4.78 is 1.03. The standard InChI is InChI=1S/C13H19BrN2O2/c1-9-6-12(14)5-4-11(9)7-15-13(18)16(3)8-10(2)17/h4-6,10,17H,7-8H2,1-3H3,(H,15,18). The van der Waals surface area contributed by atoms with Crippen LogP contribution in [0.3, 0.4) is 0 Å². The summed E-state index contributed by atoms with van der Waals surface area (Å²) >= 11 is 3.40. The number of nitrogens with one attached hydrogen (secondary N) is 1. The highest BCUT2D eigenvalue weighted by molar-refractivity contribution is 9.10. The van der Waals surface area contributed by atoms with E-state index in [4.69, 9.17) is 0 Å². The minimum Gasteiger partial charge on any atom is -0.392 e. The second-order valence-electron chi connectivity index (χ2n) is 4.46. The van der Waals surface area contributed by atoms with Gasteiger partial charge < -0.3 is 15.3 Å². The van der Waals surface area contributed by atoms with Crippen molar-refractivity contribution in [2.45, 2.75) is 26.5 Å². The Morgan fingerprint density at radius 1 is 1.56 bits per heavy atom. The van der Waals surface area contributed by atoms with Crippen molar-refractivity contribution in [3.05, 3.63) is 33.8 Å². The van der Waals surface area contributed by atoms with E-state index < -0.39 is 6.10 Å². The molecular formula is C13H19BrN2O2. The Labute approximate surface area is 116 Å². The molecule has 5 heteroatoms. The molecule has 1 unspecified atom stereocenters. The molecule has 0 aliphatic carbocycles. The van der Waals surface area contributed by atoms with Crippen LogP contribution in [0.2, 0.25) is 0 Å². The molecule has 4 nitrogen and oxygen atoms in total. The summed E-state index contributed by atoms with van der Waals surface area (Å²) in [6, 6.07) is 5.77. The Balaban J connectivity index is 2.52. The third kappa shape index (κ3) is 4.66. The number of benzene rings is 1. The van der Waals surface area contributed by atoms with Crippen LogP contribution in [0.4, 0.5) is 4.79 Å². The monoisotopic (exact) mass is 314 g/mol. The molecule has 1 atom stereocenters. The van der Waals surface area contributed by atoms with Crippen molar-refractivity contribution in [1.29, 1.82) is 0 Å². The van der Waals surface area contributed by atoms with Gasteiger partial charge in [-0.3, -0.25) is 0 Å². The van der Waals surface area contributed by atoms with E-state index in [1.54, 1.807) is 14.0 Å². The number of hydrogen-bond donors (Lipinski definition) is 2. The zero-order valence-electron chi connectivity index (χ0n) is 10.9. The van der Waals surface area contributed by atoms with Gasteiger partial charge in [-0.1, -0.05) is 22.0 Å². The second kappa shape index (κ2) is 6.75. The highest BCUT2D eigenvalue weighted by Crippen LogP contribution is 2.15. The van der Waals surface area contributed by atoms with Crippen molar-refractivity contribution in [2.24, 2.45) is 0 Å². The Hall–Kier alpha value is -1.07. The molecule has 2 amide bonds. The maximum absolute atomic E-state index is 11.7. The summed E-state index contributed by atoms with van der Waals surface area (Å²) in [4.78, 5) is 13.2. The summed E-state index contributed by atoms with van der Waals surface area (Å²) in [5.74, 6) is 0. The minimum atomic E-state index is -0.518. The van der Waals surface area contributed by atoms with E-state index in [-0.39, 0.29) is 6.03 Å². The molecule has 0 saturated heterocycles. The van der Waals surface area contributed by atoms with E-state index in [0.717, 1.165) is 15.6 Å². The molecule has 0 spiro atoms. The number of carbonyl (C=O) groups excluding carboxylic acids is 1. The van der Waals surface area contributed by atoms with Gasteiger partial charge in [0.2, 0.25) is 0 Å². The summed E-state index contributed by atoms with van der Waals surface area (Å²) in [6.07, 6.45) is -0.518. The first-order chi connectivity index (χ1) is 8.40. The van der Waals surface area contributed by atoms with Crippen LogP contribution < -0.4 is 5.32 Å². The first-order valence-electron chi connectivity index (χ1n) is 5.82. The highest BCUT2D eigenvalue weighted by atomic mass is 79.9. The number of carbonyl (C=O) groups is 1. The third-order valence-corrected chi connectivity index (χ3v) is 3.11. The predicted molar refractivity (Wildman–Crippen MR) is 75.4 cm³/mol. The van der Waals surface area contributed by atoms with Crippen LogP contribution in [0, 0.1) is 6.92 Å². The van der Waals surface area contributed by atoms with Crippen LogP contribution in [0.5, 0.6) is 0 Å². The van der Waals surface area contributed by atoms with E-state index in [9.17, 15) is 9.90 Å². The lowest BCUT2D eigenvalue weighted by Gasteiger charge is -2.19. The van der Waals surface area contributed by atoms with Gasteiger partial charge in [0.05, 0.1) is 6.10 Å². The fourth-order valence-corrected chi connectivity index (χ4v) is 2.12. The van der Waals surface area contributed by atoms with Crippen LogP contribution in [-0.4, -0.2) is 35.7 Å². The van der Waals surface area contributed by atoms with E-state index in [1.165, 1.54) is 4.90 Å². The molecule has 0 fully saturated rings. The average Bonchev–Trinajstić information content (AvgIpc) is 2.26. The number of urea groups is 1. The predicted octanol–water partition coefficient (Wildman–Crippen LogP) is 2.28. The molecular weight excluding hydrogens is 296 g/mol. The number of likely N-dealkylation sites (N-methyl/N-ethyl adjacent to an activating group) is 1. The van der Waals surface area contributed by atoms with Gasteiger partial charge in [0.1, 0.15) is 0 Å². The van der Waals surface area contributed by atoms with Gasteiger partial charge in [-0.05, 0) is 37.1 Å². The van der Waals surface area contributed by atoms with Crippen LogP contribution in [0.25, 0.3) is 0 Å². The van der Waals surface area contributed by atoms with Gasteiger partial charge >= 0.3 is 6.03 Å². The molecule has 1 rings (SSSR count). The van der Waals surface area contributed by atoms with Crippen LogP contribution >= 0.6 is 15.9 Å². The number of rotatable bonds is 4. The second-order valence-corrected chi connectivity index (χ2v) is 5.37. The lowest BCUT2D eigenvalue weighted by molar-refractivity contribution is 0.143. The van der Waals surface area contributed by atoms with Crippen molar-refractivity contribution in [3.8, 4) is 0 Å². The first-order valence-corrected chi connectivity index (χ1v) is 6.61. The molecule has 100 valence electrons. The van der Waals surface area contributed by atoms with Crippen molar-refractivity contribution >= 4 is 22.0 Å². The van der Waals surface area contributed by atoms with Gasteiger partial charge in [-0.2, -0.15) is 0 Å². The van der Waals surface area contributed by atoms with Crippen LogP contribution in [0.15, 0.2) is 22.7 Å². The molecule has 1 aromatic carbocycles. The molecule has 0 saturated carbocycles. The van der Waals surface area contributed by atoms with E-state index in [2.05, 4.69) is 21.2 Å². The zero-order valence-corrected chi connectivity index (χ0v) is 12.5. The SMILES string of the molecule is Cc1cc(Br)ccc1CNC(=O)N(C)CC(C)O. The fraction of sp³-hybridized carbons (Fsp3) is 0.462. The van der Waals surface area contributed by atoms with Crippen LogP contribution in [0.1, 0.15) is 18.1 Å². The molecule has 0 aromatic heterocycles. The van der Waals surface area contributed by atoms with Gasteiger partial charge in [0.25, 0.3) is 0 Å². The topological polar surface area (TPSA) is 52.6 Å². The van der Waals surface area contributed by atoms with Gasteiger partial charge in [-0.25, -0.2) is 4.79 Å². The molecule has 0 aliphatic rings. The molecule has 0 bridgehead atoms.